The highest BCUT2D eigenvalue weighted by atomic mass is 35.5. The lowest BCUT2D eigenvalue weighted by Crippen LogP contribution is -2.41. The second-order valence-corrected chi connectivity index (χ2v) is 9.47. The zero-order chi connectivity index (χ0) is 19.4. The largest absolute Gasteiger partial charge is 0.489 e. The van der Waals surface area contributed by atoms with Crippen molar-refractivity contribution < 1.29 is 4.74 Å². The zero-order valence-corrected chi connectivity index (χ0v) is 17.8. The maximum absolute atomic E-state index is 6.05. The molecular formula is C22H29Cl2NO. The fourth-order valence-electron chi connectivity index (χ4n) is 3.27. The van der Waals surface area contributed by atoms with Gasteiger partial charge in [0, 0.05) is 12.1 Å². The molecule has 0 spiro atoms. The number of hydrogen-bond donors (Lipinski definition) is 1. The third-order valence-electron chi connectivity index (χ3n) is 4.03. The van der Waals surface area contributed by atoms with E-state index in [0.717, 1.165) is 24.3 Å². The van der Waals surface area contributed by atoms with Crippen molar-refractivity contribution in [2.24, 2.45) is 5.41 Å². The van der Waals surface area contributed by atoms with Crippen molar-refractivity contribution in [1.82, 2.24) is 5.32 Å². The molecule has 0 atom stereocenters. The van der Waals surface area contributed by atoms with Crippen molar-refractivity contribution >= 4 is 23.2 Å². The first-order valence-corrected chi connectivity index (χ1v) is 9.70. The molecule has 26 heavy (non-hydrogen) atoms. The third kappa shape index (κ3) is 7.19. The summed E-state index contributed by atoms with van der Waals surface area (Å²) in [4.78, 5) is 0. The smallest absolute Gasteiger partial charge is 0.120 e. The highest BCUT2D eigenvalue weighted by Gasteiger charge is 2.24. The Kier molecular flexibility index (Phi) is 7.01. The van der Waals surface area contributed by atoms with E-state index in [0.29, 0.717) is 22.1 Å². The van der Waals surface area contributed by atoms with E-state index in [-0.39, 0.29) is 5.54 Å². The summed E-state index contributed by atoms with van der Waals surface area (Å²) in [7, 11) is 0. The third-order valence-corrected chi connectivity index (χ3v) is 4.77. The Balaban J connectivity index is 1.94. The first kappa shape index (κ1) is 21.1. The molecule has 0 saturated carbocycles. The molecular weight excluding hydrogens is 365 g/mol. The summed E-state index contributed by atoms with van der Waals surface area (Å²) in [6.45, 7) is 12.6. The minimum Gasteiger partial charge on any atom is -0.489 e. The molecule has 0 aromatic heterocycles. The van der Waals surface area contributed by atoms with E-state index in [1.807, 2.05) is 24.3 Å². The number of benzene rings is 2. The van der Waals surface area contributed by atoms with Crippen LogP contribution in [0.1, 0.15) is 52.2 Å². The monoisotopic (exact) mass is 393 g/mol. The first-order valence-electron chi connectivity index (χ1n) is 8.95. The molecule has 2 rings (SSSR count). The molecule has 0 radical (unpaired) electrons. The van der Waals surface area contributed by atoms with Gasteiger partial charge in [-0.25, -0.2) is 0 Å². The van der Waals surface area contributed by atoms with Crippen LogP contribution in [-0.2, 0) is 13.2 Å². The average Bonchev–Trinajstić information content (AvgIpc) is 2.52. The van der Waals surface area contributed by atoms with Crippen LogP contribution in [-0.4, -0.2) is 5.54 Å². The molecule has 0 saturated heterocycles. The van der Waals surface area contributed by atoms with E-state index in [4.69, 9.17) is 27.9 Å². The van der Waals surface area contributed by atoms with Crippen LogP contribution in [0.2, 0.25) is 10.0 Å². The Hall–Kier alpha value is -1.22. The molecule has 0 aliphatic carbocycles. The van der Waals surface area contributed by atoms with Crippen molar-refractivity contribution in [2.45, 2.75) is 59.7 Å². The Labute approximate surface area is 167 Å². The van der Waals surface area contributed by atoms with Gasteiger partial charge >= 0.3 is 0 Å². The SMILES string of the molecule is CC(C)(C)CC(C)(C)NCc1cccc(OCc2ccc(Cl)c(Cl)c2)c1. The molecule has 2 nitrogen and oxygen atoms in total. The Morgan fingerprint density at radius 3 is 2.27 bits per heavy atom. The predicted molar refractivity (Wildman–Crippen MR) is 112 cm³/mol. The molecule has 2 aromatic carbocycles. The molecule has 142 valence electrons. The van der Waals surface area contributed by atoms with E-state index >= 15 is 0 Å². The highest BCUT2D eigenvalue weighted by Crippen LogP contribution is 2.27. The van der Waals surface area contributed by atoms with Gasteiger partial charge in [0.25, 0.3) is 0 Å². The van der Waals surface area contributed by atoms with Crippen LogP contribution in [0.4, 0.5) is 0 Å². The summed E-state index contributed by atoms with van der Waals surface area (Å²) >= 11 is 12.0. The van der Waals surface area contributed by atoms with Gasteiger partial charge in [-0.2, -0.15) is 0 Å². The summed E-state index contributed by atoms with van der Waals surface area (Å²) in [5.74, 6) is 0.851. The normalized spacial score (nSPS) is 12.3. The van der Waals surface area contributed by atoms with Crippen molar-refractivity contribution in [3.63, 3.8) is 0 Å². The number of rotatable bonds is 7. The van der Waals surface area contributed by atoms with Gasteiger partial charge < -0.3 is 10.1 Å². The second kappa shape index (κ2) is 8.65. The standard InChI is InChI=1S/C22H29Cl2NO/c1-21(2,3)15-22(4,5)25-13-16-7-6-8-18(11-16)26-14-17-9-10-19(23)20(24)12-17/h6-12,25H,13-15H2,1-5H3. The lowest BCUT2D eigenvalue weighted by atomic mass is 9.82. The van der Waals surface area contributed by atoms with E-state index < -0.39 is 0 Å². The van der Waals surface area contributed by atoms with E-state index in [2.05, 4.69) is 52.1 Å². The fraction of sp³-hybridized carbons (Fsp3) is 0.455. The lowest BCUT2D eigenvalue weighted by molar-refractivity contribution is 0.240. The van der Waals surface area contributed by atoms with Gasteiger partial charge in [-0.05, 0) is 61.1 Å². The zero-order valence-electron chi connectivity index (χ0n) is 16.3. The molecule has 0 unspecified atom stereocenters. The Morgan fingerprint density at radius 1 is 0.885 bits per heavy atom. The van der Waals surface area contributed by atoms with Crippen molar-refractivity contribution in [1.29, 1.82) is 0 Å². The minimum absolute atomic E-state index is 0.0785. The highest BCUT2D eigenvalue weighted by molar-refractivity contribution is 6.42. The topological polar surface area (TPSA) is 21.3 Å². The minimum atomic E-state index is 0.0785. The molecule has 0 aliphatic heterocycles. The van der Waals surface area contributed by atoms with Crippen molar-refractivity contribution in [3.05, 3.63) is 63.6 Å². The molecule has 0 bridgehead atoms. The van der Waals surface area contributed by atoms with Crippen LogP contribution in [0, 0.1) is 5.41 Å². The van der Waals surface area contributed by atoms with Crippen molar-refractivity contribution in [3.8, 4) is 5.75 Å². The van der Waals surface area contributed by atoms with Crippen LogP contribution in [0.15, 0.2) is 42.5 Å². The van der Waals surface area contributed by atoms with Gasteiger partial charge in [0.2, 0.25) is 0 Å². The maximum Gasteiger partial charge on any atom is 0.120 e. The summed E-state index contributed by atoms with van der Waals surface area (Å²) in [5.41, 5.74) is 2.57. The summed E-state index contributed by atoms with van der Waals surface area (Å²) in [6.07, 6.45) is 1.10. The Bertz CT molecular complexity index is 735. The number of nitrogens with one attached hydrogen (secondary N) is 1. The van der Waals surface area contributed by atoms with Crippen LogP contribution in [0.3, 0.4) is 0 Å². The maximum atomic E-state index is 6.05. The van der Waals surface area contributed by atoms with Gasteiger partial charge in [0.1, 0.15) is 12.4 Å². The molecule has 1 N–H and O–H groups in total. The molecule has 0 amide bonds. The van der Waals surface area contributed by atoms with E-state index in [9.17, 15) is 0 Å². The van der Waals surface area contributed by atoms with Crippen molar-refractivity contribution in [2.75, 3.05) is 0 Å². The Morgan fingerprint density at radius 2 is 1.62 bits per heavy atom. The van der Waals surface area contributed by atoms with Crippen LogP contribution < -0.4 is 10.1 Å². The fourth-order valence-corrected chi connectivity index (χ4v) is 3.59. The summed E-state index contributed by atoms with van der Waals surface area (Å²) in [6, 6.07) is 13.8. The van der Waals surface area contributed by atoms with Crippen LogP contribution in [0.25, 0.3) is 0 Å². The lowest BCUT2D eigenvalue weighted by Gasteiger charge is -2.33. The van der Waals surface area contributed by atoms with Gasteiger partial charge in [0.05, 0.1) is 10.0 Å². The van der Waals surface area contributed by atoms with Gasteiger partial charge in [-0.3, -0.25) is 0 Å². The van der Waals surface area contributed by atoms with Gasteiger partial charge in [0.15, 0.2) is 0 Å². The van der Waals surface area contributed by atoms with E-state index in [1.54, 1.807) is 6.07 Å². The summed E-state index contributed by atoms with van der Waals surface area (Å²) < 4.78 is 5.91. The number of halogens is 2. The first-order chi connectivity index (χ1) is 12.0. The van der Waals surface area contributed by atoms with Gasteiger partial charge in [-0.1, -0.05) is 62.2 Å². The predicted octanol–water partition coefficient (Wildman–Crippen LogP) is 6.88. The molecule has 0 heterocycles. The number of ether oxygens (including phenoxy) is 1. The van der Waals surface area contributed by atoms with E-state index in [1.165, 1.54) is 5.56 Å². The molecule has 4 heteroatoms. The molecule has 0 aliphatic rings. The average molecular weight is 394 g/mol. The molecule has 0 fully saturated rings. The second-order valence-electron chi connectivity index (χ2n) is 8.66. The van der Waals surface area contributed by atoms with Crippen LogP contribution >= 0.6 is 23.2 Å². The number of hydrogen-bond acceptors (Lipinski definition) is 2. The molecule has 2 aromatic rings. The quantitative estimate of drug-likeness (QED) is 0.553. The van der Waals surface area contributed by atoms with Gasteiger partial charge in [-0.15, -0.1) is 0 Å². The van der Waals surface area contributed by atoms with Crippen LogP contribution in [0.5, 0.6) is 5.75 Å². The summed E-state index contributed by atoms with van der Waals surface area (Å²) in [5, 5.41) is 4.76.